The SMILES string of the molecule is O=S(=O)(NCC1(O)CCCC1)c1cnc[nH]1. The summed E-state index contributed by atoms with van der Waals surface area (Å²) in [5, 5.41) is 10.0. The maximum Gasteiger partial charge on any atom is 0.257 e. The largest absolute Gasteiger partial charge is 0.389 e. The van der Waals surface area contributed by atoms with Gasteiger partial charge in [0.2, 0.25) is 0 Å². The van der Waals surface area contributed by atoms with E-state index in [9.17, 15) is 13.5 Å². The standard InChI is InChI=1S/C9H15N3O3S/c13-9(3-1-2-4-9)6-12-16(14,15)8-5-10-7-11-8/h5,7,12-13H,1-4,6H2,(H,10,11). The molecule has 1 fully saturated rings. The Bertz CT molecular complexity index is 435. The maximum atomic E-state index is 11.7. The topological polar surface area (TPSA) is 95.1 Å². The second kappa shape index (κ2) is 4.15. The number of hydrogen-bond donors (Lipinski definition) is 3. The predicted octanol–water partition coefficient (Wildman–Crippen LogP) is -0.00690. The number of aromatic nitrogens is 2. The van der Waals surface area contributed by atoms with Crippen molar-refractivity contribution in [3.63, 3.8) is 0 Å². The second-order valence-corrected chi connectivity index (χ2v) is 5.91. The molecule has 3 N–H and O–H groups in total. The van der Waals surface area contributed by atoms with E-state index in [1.807, 2.05) is 0 Å². The highest BCUT2D eigenvalue weighted by atomic mass is 32.2. The summed E-state index contributed by atoms with van der Waals surface area (Å²) in [5.41, 5.74) is -0.882. The number of nitrogens with one attached hydrogen (secondary N) is 2. The normalized spacial score (nSPS) is 20.1. The van der Waals surface area contributed by atoms with Gasteiger partial charge in [0.15, 0.2) is 5.03 Å². The Morgan fingerprint density at radius 2 is 2.19 bits per heavy atom. The second-order valence-electron chi connectivity index (χ2n) is 4.17. The third kappa shape index (κ3) is 2.42. The van der Waals surface area contributed by atoms with Gasteiger partial charge in [-0.15, -0.1) is 0 Å². The van der Waals surface area contributed by atoms with E-state index in [4.69, 9.17) is 0 Å². The molecule has 90 valence electrons. The molecule has 1 heterocycles. The van der Waals surface area contributed by atoms with Gasteiger partial charge in [0, 0.05) is 6.54 Å². The van der Waals surface area contributed by atoms with Crippen molar-refractivity contribution in [3.05, 3.63) is 12.5 Å². The van der Waals surface area contributed by atoms with Crippen molar-refractivity contribution in [1.29, 1.82) is 0 Å². The van der Waals surface area contributed by atoms with Crippen LogP contribution in [0.25, 0.3) is 0 Å². The van der Waals surface area contributed by atoms with Crippen molar-refractivity contribution in [2.45, 2.75) is 36.3 Å². The molecular weight excluding hydrogens is 230 g/mol. The van der Waals surface area contributed by atoms with Gasteiger partial charge < -0.3 is 10.1 Å². The third-order valence-corrected chi connectivity index (χ3v) is 4.21. The van der Waals surface area contributed by atoms with Gasteiger partial charge in [-0.05, 0) is 12.8 Å². The molecule has 2 rings (SSSR count). The van der Waals surface area contributed by atoms with Gasteiger partial charge in [-0.1, -0.05) is 12.8 Å². The zero-order chi connectivity index (χ0) is 11.6. The lowest BCUT2D eigenvalue weighted by Gasteiger charge is -2.21. The molecule has 0 aliphatic heterocycles. The van der Waals surface area contributed by atoms with E-state index >= 15 is 0 Å². The smallest absolute Gasteiger partial charge is 0.257 e. The lowest BCUT2D eigenvalue weighted by Crippen LogP contribution is -2.40. The molecule has 1 aliphatic carbocycles. The Balaban J connectivity index is 2.00. The highest BCUT2D eigenvalue weighted by molar-refractivity contribution is 7.89. The van der Waals surface area contributed by atoms with Crippen LogP contribution in [0.15, 0.2) is 17.6 Å². The summed E-state index contributed by atoms with van der Waals surface area (Å²) in [7, 11) is -3.57. The lowest BCUT2D eigenvalue weighted by molar-refractivity contribution is 0.0531. The van der Waals surface area contributed by atoms with Gasteiger partial charge in [-0.2, -0.15) is 0 Å². The minimum atomic E-state index is -3.57. The number of rotatable bonds is 4. The van der Waals surface area contributed by atoms with Crippen LogP contribution < -0.4 is 4.72 Å². The molecule has 0 aromatic carbocycles. The van der Waals surface area contributed by atoms with E-state index in [1.54, 1.807) is 0 Å². The summed E-state index contributed by atoms with van der Waals surface area (Å²) in [4.78, 5) is 6.17. The molecule has 7 heteroatoms. The Kier molecular flexibility index (Phi) is 3.00. The van der Waals surface area contributed by atoms with Gasteiger partial charge in [0.05, 0.1) is 18.1 Å². The van der Waals surface area contributed by atoms with Crippen LogP contribution in [-0.2, 0) is 10.0 Å². The number of imidazole rings is 1. The van der Waals surface area contributed by atoms with Crippen LogP contribution in [0.5, 0.6) is 0 Å². The van der Waals surface area contributed by atoms with Gasteiger partial charge in [0.1, 0.15) is 0 Å². The molecule has 0 saturated heterocycles. The predicted molar refractivity (Wildman–Crippen MR) is 57.2 cm³/mol. The van der Waals surface area contributed by atoms with Crippen molar-refractivity contribution in [1.82, 2.24) is 14.7 Å². The molecule has 1 saturated carbocycles. The zero-order valence-electron chi connectivity index (χ0n) is 8.81. The van der Waals surface area contributed by atoms with E-state index in [2.05, 4.69) is 14.7 Å². The highest BCUT2D eigenvalue weighted by Gasteiger charge is 2.32. The number of hydrogen-bond acceptors (Lipinski definition) is 4. The highest BCUT2D eigenvalue weighted by Crippen LogP contribution is 2.28. The van der Waals surface area contributed by atoms with Crippen LogP contribution in [0.1, 0.15) is 25.7 Å². The van der Waals surface area contributed by atoms with Crippen molar-refractivity contribution < 1.29 is 13.5 Å². The third-order valence-electron chi connectivity index (χ3n) is 2.89. The fraction of sp³-hybridized carbons (Fsp3) is 0.667. The fourth-order valence-corrected chi connectivity index (χ4v) is 2.93. The number of aliphatic hydroxyl groups is 1. The Hall–Kier alpha value is -0.920. The molecule has 0 radical (unpaired) electrons. The molecular formula is C9H15N3O3S. The van der Waals surface area contributed by atoms with E-state index in [1.165, 1.54) is 12.5 Å². The monoisotopic (exact) mass is 245 g/mol. The van der Waals surface area contributed by atoms with Crippen LogP contribution in [-0.4, -0.2) is 35.6 Å². The van der Waals surface area contributed by atoms with Crippen LogP contribution in [0.2, 0.25) is 0 Å². The van der Waals surface area contributed by atoms with Crippen molar-refractivity contribution in [2.75, 3.05) is 6.54 Å². The van der Waals surface area contributed by atoms with Crippen molar-refractivity contribution in [3.8, 4) is 0 Å². The van der Waals surface area contributed by atoms with Crippen molar-refractivity contribution >= 4 is 10.0 Å². The Morgan fingerprint density at radius 3 is 2.75 bits per heavy atom. The molecule has 6 nitrogen and oxygen atoms in total. The summed E-state index contributed by atoms with van der Waals surface area (Å²) >= 11 is 0. The van der Waals surface area contributed by atoms with Crippen LogP contribution in [0.4, 0.5) is 0 Å². The van der Waals surface area contributed by atoms with Gasteiger partial charge in [0.25, 0.3) is 10.0 Å². The van der Waals surface area contributed by atoms with E-state index in [0.29, 0.717) is 12.8 Å². The number of sulfonamides is 1. The molecule has 1 aliphatic rings. The minimum absolute atomic E-state index is 0.0223. The quantitative estimate of drug-likeness (QED) is 0.695. The van der Waals surface area contributed by atoms with Gasteiger partial charge in [-0.25, -0.2) is 18.1 Å². The van der Waals surface area contributed by atoms with Crippen LogP contribution in [0.3, 0.4) is 0 Å². The molecule has 1 aromatic rings. The summed E-state index contributed by atoms with van der Waals surface area (Å²) in [6.45, 7) is 0.0638. The van der Waals surface area contributed by atoms with Crippen LogP contribution in [0, 0.1) is 0 Å². The van der Waals surface area contributed by atoms with Gasteiger partial charge in [-0.3, -0.25) is 0 Å². The number of nitrogens with zero attached hydrogens (tertiary/aromatic N) is 1. The molecule has 0 atom stereocenters. The van der Waals surface area contributed by atoms with Crippen molar-refractivity contribution in [2.24, 2.45) is 0 Å². The lowest BCUT2D eigenvalue weighted by atomic mass is 10.0. The van der Waals surface area contributed by atoms with Crippen LogP contribution >= 0.6 is 0 Å². The fourth-order valence-electron chi connectivity index (χ4n) is 1.91. The first-order valence-corrected chi connectivity index (χ1v) is 6.71. The first kappa shape index (κ1) is 11.6. The minimum Gasteiger partial charge on any atom is -0.389 e. The Labute approximate surface area is 94.1 Å². The summed E-state index contributed by atoms with van der Waals surface area (Å²) in [6.07, 6.45) is 5.74. The average Bonchev–Trinajstić information content (AvgIpc) is 2.86. The maximum absolute atomic E-state index is 11.7. The summed E-state index contributed by atoms with van der Waals surface area (Å²) in [5.74, 6) is 0. The number of aromatic amines is 1. The summed E-state index contributed by atoms with van der Waals surface area (Å²) < 4.78 is 25.8. The first-order chi connectivity index (χ1) is 7.52. The van der Waals surface area contributed by atoms with E-state index < -0.39 is 15.6 Å². The Morgan fingerprint density at radius 1 is 1.50 bits per heavy atom. The van der Waals surface area contributed by atoms with E-state index in [0.717, 1.165) is 12.8 Å². The molecule has 0 bridgehead atoms. The average molecular weight is 245 g/mol. The van der Waals surface area contributed by atoms with Gasteiger partial charge >= 0.3 is 0 Å². The zero-order valence-corrected chi connectivity index (χ0v) is 9.63. The molecule has 0 amide bonds. The molecule has 0 unspecified atom stereocenters. The van der Waals surface area contributed by atoms with E-state index in [-0.39, 0.29) is 11.6 Å². The molecule has 1 aromatic heterocycles. The molecule has 0 spiro atoms. The molecule has 16 heavy (non-hydrogen) atoms. The first-order valence-electron chi connectivity index (χ1n) is 5.22. The number of H-pyrrole nitrogens is 1. The summed E-state index contributed by atoms with van der Waals surface area (Å²) in [6, 6.07) is 0.